The second-order valence-electron chi connectivity index (χ2n) is 5.08. The molecule has 2 aromatic rings. The second kappa shape index (κ2) is 6.88. The Labute approximate surface area is 125 Å². The predicted molar refractivity (Wildman–Crippen MR) is 86.9 cm³/mol. The van der Waals surface area contributed by atoms with E-state index in [9.17, 15) is 4.79 Å². The average molecular weight is 283 g/mol. The molecule has 0 unspecified atom stereocenters. The first-order valence-corrected chi connectivity index (χ1v) is 7.19. The molecule has 0 atom stereocenters. The van der Waals surface area contributed by atoms with E-state index in [0.29, 0.717) is 5.56 Å². The summed E-state index contributed by atoms with van der Waals surface area (Å²) in [4.78, 5) is 16.8. The molecule has 1 amide bonds. The third-order valence-corrected chi connectivity index (χ3v) is 3.16. The summed E-state index contributed by atoms with van der Waals surface area (Å²) < 4.78 is 0. The highest BCUT2D eigenvalue weighted by Gasteiger charge is 2.10. The Hall–Kier alpha value is -2.36. The van der Waals surface area contributed by atoms with Gasteiger partial charge >= 0.3 is 0 Å². The third-order valence-electron chi connectivity index (χ3n) is 3.16. The largest absolute Gasteiger partial charge is 0.370 e. The predicted octanol–water partition coefficient (Wildman–Crippen LogP) is 3.77. The number of aromatic nitrogens is 1. The van der Waals surface area contributed by atoms with Gasteiger partial charge in [0.25, 0.3) is 5.91 Å². The van der Waals surface area contributed by atoms with E-state index in [-0.39, 0.29) is 5.91 Å². The van der Waals surface area contributed by atoms with Crippen molar-refractivity contribution >= 4 is 17.4 Å². The number of hydrogen-bond donors (Lipinski definition) is 2. The number of anilines is 2. The molecular formula is C17H21N3O. The van der Waals surface area contributed by atoms with Crippen molar-refractivity contribution in [3.63, 3.8) is 0 Å². The van der Waals surface area contributed by atoms with Crippen LogP contribution in [0.1, 0.15) is 35.0 Å². The Morgan fingerprint density at radius 1 is 1.19 bits per heavy atom. The minimum absolute atomic E-state index is 0.116. The van der Waals surface area contributed by atoms with Crippen LogP contribution in [-0.4, -0.2) is 17.4 Å². The van der Waals surface area contributed by atoms with Crippen molar-refractivity contribution in [2.75, 3.05) is 17.2 Å². The Morgan fingerprint density at radius 3 is 2.67 bits per heavy atom. The van der Waals surface area contributed by atoms with Gasteiger partial charge in [0.2, 0.25) is 0 Å². The number of carbonyl (C=O) groups excluding carboxylic acids is 1. The monoisotopic (exact) mass is 283 g/mol. The van der Waals surface area contributed by atoms with E-state index in [1.807, 2.05) is 38.1 Å². The van der Waals surface area contributed by atoms with Crippen LogP contribution < -0.4 is 10.6 Å². The molecule has 4 heteroatoms. The molecule has 4 nitrogen and oxygen atoms in total. The quantitative estimate of drug-likeness (QED) is 0.878. The van der Waals surface area contributed by atoms with Gasteiger partial charge in [-0.05, 0) is 44.0 Å². The molecule has 2 rings (SSSR count). The second-order valence-corrected chi connectivity index (χ2v) is 5.08. The van der Waals surface area contributed by atoms with Crippen molar-refractivity contribution in [3.8, 4) is 0 Å². The van der Waals surface area contributed by atoms with Crippen molar-refractivity contribution < 1.29 is 4.79 Å². The summed E-state index contributed by atoms with van der Waals surface area (Å²) in [7, 11) is 0. The molecule has 0 fully saturated rings. The minimum Gasteiger partial charge on any atom is -0.370 e. The summed E-state index contributed by atoms with van der Waals surface area (Å²) in [6.45, 7) is 6.80. The number of para-hydroxylation sites is 1. The van der Waals surface area contributed by atoms with E-state index < -0.39 is 0 Å². The normalized spacial score (nSPS) is 10.2. The summed E-state index contributed by atoms with van der Waals surface area (Å²) in [6, 6.07) is 11.3. The number of amides is 1. The van der Waals surface area contributed by atoms with Gasteiger partial charge in [0.05, 0.1) is 0 Å². The molecular weight excluding hydrogens is 262 g/mol. The van der Waals surface area contributed by atoms with E-state index in [4.69, 9.17) is 0 Å². The molecule has 0 spiro atoms. The van der Waals surface area contributed by atoms with E-state index >= 15 is 0 Å². The third kappa shape index (κ3) is 4.05. The zero-order valence-electron chi connectivity index (χ0n) is 12.7. The molecule has 0 saturated heterocycles. The summed E-state index contributed by atoms with van der Waals surface area (Å²) >= 11 is 0. The topological polar surface area (TPSA) is 54.0 Å². The first-order valence-electron chi connectivity index (χ1n) is 7.19. The maximum atomic E-state index is 12.4. The van der Waals surface area contributed by atoms with Crippen molar-refractivity contribution in [2.45, 2.75) is 27.2 Å². The molecule has 1 heterocycles. The van der Waals surface area contributed by atoms with Crippen LogP contribution in [0.15, 0.2) is 36.4 Å². The molecule has 1 aromatic heterocycles. The van der Waals surface area contributed by atoms with E-state index in [2.05, 4.69) is 22.5 Å². The van der Waals surface area contributed by atoms with E-state index in [1.54, 1.807) is 12.1 Å². The van der Waals surface area contributed by atoms with Crippen LogP contribution >= 0.6 is 0 Å². The highest BCUT2D eigenvalue weighted by atomic mass is 16.1. The molecule has 21 heavy (non-hydrogen) atoms. The van der Waals surface area contributed by atoms with Crippen LogP contribution in [0.5, 0.6) is 0 Å². The highest BCUT2D eigenvalue weighted by molar-refractivity contribution is 6.05. The van der Waals surface area contributed by atoms with Crippen molar-refractivity contribution in [1.29, 1.82) is 0 Å². The minimum atomic E-state index is -0.116. The van der Waals surface area contributed by atoms with Crippen LogP contribution in [0.25, 0.3) is 0 Å². The fourth-order valence-corrected chi connectivity index (χ4v) is 2.05. The van der Waals surface area contributed by atoms with Crippen molar-refractivity contribution in [2.24, 2.45) is 0 Å². The number of rotatable bonds is 5. The number of nitrogens with one attached hydrogen (secondary N) is 2. The lowest BCUT2D eigenvalue weighted by atomic mass is 10.1. The van der Waals surface area contributed by atoms with Crippen LogP contribution in [-0.2, 0) is 0 Å². The zero-order valence-corrected chi connectivity index (χ0v) is 12.7. The summed E-state index contributed by atoms with van der Waals surface area (Å²) in [5.41, 5.74) is 3.32. The smallest absolute Gasteiger partial charge is 0.255 e. The summed E-state index contributed by atoms with van der Waals surface area (Å²) in [5.74, 6) is 0.626. The Morgan fingerprint density at radius 2 is 1.95 bits per heavy atom. The van der Waals surface area contributed by atoms with Gasteiger partial charge in [-0.3, -0.25) is 4.79 Å². The van der Waals surface area contributed by atoms with E-state index in [1.165, 1.54) is 0 Å². The van der Waals surface area contributed by atoms with Crippen LogP contribution in [0.4, 0.5) is 11.5 Å². The number of aryl methyl sites for hydroxylation is 2. The van der Waals surface area contributed by atoms with Gasteiger partial charge in [0.15, 0.2) is 0 Å². The number of benzene rings is 1. The molecule has 0 radical (unpaired) electrons. The number of pyridine rings is 1. The van der Waals surface area contributed by atoms with Crippen LogP contribution in [0, 0.1) is 13.8 Å². The zero-order chi connectivity index (χ0) is 15.2. The molecule has 0 aliphatic carbocycles. The summed E-state index contributed by atoms with van der Waals surface area (Å²) in [5, 5.41) is 6.16. The van der Waals surface area contributed by atoms with E-state index in [0.717, 1.165) is 35.7 Å². The van der Waals surface area contributed by atoms with Gasteiger partial charge < -0.3 is 10.6 Å². The molecule has 0 saturated carbocycles. The Balaban J connectivity index is 2.19. The molecule has 110 valence electrons. The Kier molecular flexibility index (Phi) is 4.93. The van der Waals surface area contributed by atoms with Crippen molar-refractivity contribution in [3.05, 3.63) is 53.2 Å². The van der Waals surface area contributed by atoms with Gasteiger partial charge in [0, 0.05) is 23.5 Å². The van der Waals surface area contributed by atoms with Gasteiger partial charge in [-0.2, -0.15) is 0 Å². The van der Waals surface area contributed by atoms with Gasteiger partial charge in [-0.15, -0.1) is 0 Å². The summed E-state index contributed by atoms with van der Waals surface area (Å²) in [6.07, 6.45) is 1.01. The van der Waals surface area contributed by atoms with Crippen LogP contribution in [0.3, 0.4) is 0 Å². The lowest BCUT2D eigenvalue weighted by Crippen LogP contribution is -2.14. The lowest BCUT2D eigenvalue weighted by molar-refractivity contribution is 0.102. The number of carbonyl (C=O) groups is 1. The molecule has 0 bridgehead atoms. The first-order chi connectivity index (χ1) is 10.1. The maximum absolute atomic E-state index is 12.4. The maximum Gasteiger partial charge on any atom is 0.255 e. The molecule has 0 aliphatic rings. The number of nitrogens with zero attached hydrogens (tertiary/aromatic N) is 1. The standard InChI is InChI=1S/C17H21N3O/c1-4-9-18-16-11-14(10-13(3)19-16)17(21)20-15-8-6-5-7-12(15)2/h5-8,10-11H,4,9H2,1-3H3,(H,18,19)(H,20,21). The highest BCUT2D eigenvalue weighted by Crippen LogP contribution is 2.16. The number of hydrogen-bond acceptors (Lipinski definition) is 3. The molecule has 1 aromatic carbocycles. The van der Waals surface area contributed by atoms with Crippen molar-refractivity contribution in [1.82, 2.24) is 4.98 Å². The fraction of sp³-hybridized carbons (Fsp3) is 0.294. The lowest BCUT2D eigenvalue weighted by Gasteiger charge is -2.10. The molecule has 2 N–H and O–H groups in total. The van der Waals surface area contributed by atoms with Gasteiger partial charge in [-0.25, -0.2) is 4.98 Å². The molecule has 0 aliphatic heterocycles. The van der Waals surface area contributed by atoms with Gasteiger partial charge in [-0.1, -0.05) is 25.1 Å². The Bertz CT molecular complexity index is 638. The average Bonchev–Trinajstić information content (AvgIpc) is 2.47. The fourth-order valence-electron chi connectivity index (χ4n) is 2.05. The first kappa shape index (κ1) is 15.0. The van der Waals surface area contributed by atoms with Gasteiger partial charge in [0.1, 0.15) is 5.82 Å². The van der Waals surface area contributed by atoms with Crippen LogP contribution in [0.2, 0.25) is 0 Å². The SMILES string of the molecule is CCCNc1cc(C(=O)Nc2ccccc2C)cc(C)n1.